The lowest BCUT2D eigenvalue weighted by molar-refractivity contribution is -0.137. The van der Waals surface area contributed by atoms with Gasteiger partial charge in [0.25, 0.3) is 5.91 Å². The molecule has 1 aliphatic heterocycles. The van der Waals surface area contributed by atoms with Crippen LogP contribution in [0.25, 0.3) is 0 Å². The summed E-state index contributed by atoms with van der Waals surface area (Å²) < 4.78 is 49.5. The molecule has 0 spiro atoms. The first-order valence-electron chi connectivity index (χ1n) is 10.1. The Kier molecular flexibility index (Phi) is 6.18. The van der Waals surface area contributed by atoms with E-state index in [-0.39, 0.29) is 23.4 Å². The van der Waals surface area contributed by atoms with Gasteiger partial charge in [0, 0.05) is 24.3 Å². The number of alkyl halides is 3. The maximum absolute atomic E-state index is 12.9. The quantitative estimate of drug-likeness (QED) is 0.627. The van der Waals surface area contributed by atoms with E-state index in [0.29, 0.717) is 5.92 Å². The molecule has 2 aliphatic rings. The minimum atomic E-state index is -4.53. The number of rotatable bonds is 5. The predicted octanol–water partition coefficient (Wildman–Crippen LogP) is 5.49. The number of hydrogen-bond donors (Lipinski definition) is 2. The highest BCUT2D eigenvalue weighted by Gasteiger charge is 2.32. The molecule has 9 heteroatoms. The van der Waals surface area contributed by atoms with Crippen molar-refractivity contribution in [1.82, 2.24) is 5.32 Å². The zero-order valence-corrected chi connectivity index (χ0v) is 17.4. The molecular weight excluding hydrogens is 433 g/mol. The largest absolute Gasteiger partial charge is 0.454 e. The van der Waals surface area contributed by atoms with Gasteiger partial charge in [-0.2, -0.15) is 13.2 Å². The Morgan fingerprint density at radius 3 is 2.52 bits per heavy atom. The fourth-order valence-corrected chi connectivity index (χ4v) is 4.12. The first kappa shape index (κ1) is 21.6. The van der Waals surface area contributed by atoms with E-state index in [9.17, 15) is 18.0 Å². The number of hydrogen-bond acceptors (Lipinski definition) is 4. The van der Waals surface area contributed by atoms with Crippen LogP contribution in [0.5, 0.6) is 11.5 Å². The highest BCUT2D eigenvalue weighted by molar-refractivity contribution is 6.33. The van der Waals surface area contributed by atoms with Crippen LogP contribution in [0, 0.1) is 5.92 Å². The summed E-state index contributed by atoms with van der Waals surface area (Å²) in [7, 11) is 0. The molecule has 1 saturated carbocycles. The Bertz CT molecular complexity index is 960. The van der Waals surface area contributed by atoms with Crippen LogP contribution in [-0.2, 0) is 6.18 Å². The van der Waals surface area contributed by atoms with Gasteiger partial charge in [0.15, 0.2) is 11.5 Å². The summed E-state index contributed by atoms with van der Waals surface area (Å²) in [5, 5.41) is 6.25. The Balaban J connectivity index is 1.27. The summed E-state index contributed by atoms with van der Waals surface area (Å²) in [4.78, 5) is 12.5. The summed E-state index contributed by atoms with van der Waals surface area (Å²) in [5.41, 5.74) is -0.0812. The first-order chi connectivity index (χ1) is 14.8. The van der Waals surface area contributed by atoms with Crippen LogP contribution in [-0.4, -0.2) is 25.3 Å². The smallest absolute Gasteiger partial charge is 0.416 e. The van der Waals surface area contributed by atoms with Gasteiger partial charge in [0.1, 0.15) is 0 Å². The van der Waals surface area contributed by atoms with Crippen molar-refractivity contribution in [2.24, 2.45) is 5.92 Å². The molecule has 0 aromatic heterocycles. The van der Waals surface area contributed by atoms with Crippen molar-refractivity contribution < 1.29 is 27.4 Å². The van der Waals surface area contributed by atoms with Gasteiger partial charge in [-0.1, -0.05) is 11.6 Å². The summed E-state index contributed by atoms with van der Waals surface area (Å²) in [6.07, 6.45) is -1.20. The molecule has 0 saturated heterocycles. The number of benzene rings is 2. The number of anilines is 1. The molecule has 166 valence electrons. The second-order valence-corrected chi connectivity index (χ2v) is 8.24. The average molecular weight is 455 g/mol. The van der Waals surface area contributed by atoms with Crippen LogP contribution < -0.4 is 20.1 Å². The molecule has 0 bridgehead atoms. The second kappa shape index (κ2) is 8.86. The van der Waals surface area contributed by atoms with Crippen molar-refractivity contribution in [2.45, 2.75) is 37.9 Å². The molecule has 2 aromatic carbocycles. The van der Waals surface area contributed by atoms with Crippen molar-refractivity contribution >= 4 is 23.2 Å². The van der Waals surface area contributed by atoms with Crippen molar-refractivity contribution in [2.75, 3.05) is 18.7 Å². The molecule has 1 aliphatic carbocycles. The number of ether oxygens (including phenoxy) is 2. The van der Waals surface area contributed by atoms with E-state index in [1.165, 1.54) is 0 Å². The van der Waals surface area contributed by atoms with E-state index in [1.54, 1.807) is 0 Å². The van der Waals surface area contributed by atoms with Gasteiger partial charge >= 0.3 is 6.18 Å². The van der Waals surface area contributed by atoms with Crippen molar-refractivity contribution in [3.05, 3.63) is 52.5 Å². The lowest BCUT2D eigenvalue weighted by Crippen LogP contribution is -2.38. The van der Waals surface area contributed by atoms with Crippen LogP contribution >= 0.6 is 11.6 Å². The molecule has 31 heavy (non-hydrogen) atoms. The van der Waals surface area contributed by atoms with Crippen LogP contribution in [0.15, 0.2) is 36.4 Å². The number of halogens is 4. The van der Waals surface area contributed by atoms with E-state index < -0.39 is 17.6 Å². The van der Waals surface area contributed by atoms with Crippen molar-refractivity contribution in [3.8, 4) is 11.5 Å². The molecule has 1 fully saturated rings. The standard InChI is InChI=1S/C22H22ClF3N2O3/c23-18-7-3-14(22(24,25)26)9-17(18)21(29)28-15-4-1-13(2-5-15)11-27-16-6-8-19-20(10-16)31-12-30-19/h3,6-10,13,15,27H,1-2,4-5,11-12H2,(H,28,29)/t13-,15-. The topological polar surface area (TPSA) is 59.6 Å². The minimum Gasteiger partial charge on any atom is -0.454 e. The van der Waals surface area contributed by atoms with E-state index in [0.717, 1.165) is 67.6 Å². The Labute approximate surface area is 182 Å². The van der Waals surface area contributed by atoms with Crippen LogP contribution in [0.1, 0.15) is 41.6 Å². The summed E-state index contributed by atoms with van der Waals surface area (Å²) in [6.45, 7) is 1.03. The predicted molar refractivity (Wildman–Crippen MR) is 111 cm³/mol. The van der Waals surface area contributed by atoms with Crippen LogP contribution in [0.2, 0.25) is 5.02 Å². The van der Waals surface area contributed by atoms with Gasteiger partial charge in [-0.05, 0) is 61.9 Å². The van der Waals surface area contributed by atoms with E-state index in [4.69, 9.17) is 21.1 Å². The third-order valence-electron chi connectivity index (χ3n) is 5.69. The van der Waals surface area contributed by atoms with Crippen LogP contribution in [0.4, 0.5) is 18.9 Å². The van der Waals surface area contributed by atoms with E-state index >= 15 is 0 Å². The zero-order chi connectivity index (χ0) is 22.0. The number of carbonyl (C=O) groups is 1. The normalized spacial score (nSPS) is 20.4. The summed E-state index contributed by atoms with van der Waals surface area (Å²) in [5.74, 6) is 1.33. The van der Waals surface area contributed by atoms with Crippen molar-refractivity contribution in [3.63, 3.8) is 0 Å². The van der Waals surface area contributed by atoms with Gasteiger partial charge in [0.2, 0.25) is 6.79 Å². The third kappa shape index (κ3) is 5.18. The average Bonchev–Trinajstić information content (AvgIpc) is 3.20. The number of fused-ring (bicyclic) bond motifs is 1. The molecule has 0 unspecified atom stereocenters. The summed E-state index contributed by atoms with van der Waals surface area (Å²) in [6, 6.07) is 8.43. The number of amides is 1. The van der Waals surface area contributed by atoms with E-state index in [2.05, 4.69) is 10.6 Å². The molecule has 4 rings (SSSR count). The molecular formula is C22H22ClF3N2O3. The molecule has 5 nitrogen and oxygen atoms in total. The van der Waals surface area contributed by atoms with Gasteiger partial charge in [-0.25, -0.2) is 0 Å². The maximum Gasteiger partial charge on any atom is 0.416 e. The second-order valence-electron chi connectivity index (χ2n) is 7.83. The Morgan fingerprint density at radius 2 is 1.77 bits per heavy atom. The fraction of sp³-hybridized carbons (Fsp3) is 0.409. The molecule has 0 atom stereocenters. The maximum atomic E-state index is 12.9. The first-order valence-corrected chi connectivity index (χ1v) is 10.5. The van der Waals surface area contributed by atoms with Crippen LogP contribution in [0.3, 0.4) is 0 Å². The highest BCUT2D eigenvalue weighted by Crippen LogP contribution is 2.35. The molecule has 2 aromatic rings. The number of nitrogens with one attached hydrogen (secondary N) is 2. The zero-order valence-electron chi connectivity index (χ0n) is 16.6. The molecule has 1 amide bonds. The van der Waals surface area contributed by atoms with Gasteiger partial charge in [0.05, 0.1) is 16.1 Å². The Morgan fingerprint density at radius 1 is 1.03 bits per heavy atom. The summed E-state index contributed by atoms with van der Waals surface area (Å²) >= 11 is 5.96. The van der Waals surface area contributed by atoms with E-state index in [1.807, 2.05) is 18.2 Å². The Hall–Kier alpha value is -2.61. The molecule has 1 heterocycles. The lowest BCUT2D eigenvalue weighted by Gasteiger charge is -2.29. The molecule has 0 radical (unpaired) electrons. The fourth-order valence-electron chi connectivity index (χ4n) is 3.92. The number of carbonyl (C=O) groups excluding carboxylic acids is 1. The SMILES string of the molecule is O=C(N[C@H]1CC[C@H](CNc2ccc3c(c2)OCO3)CC1)c1cc(C(F)(F)F)ccc1Cl. The molecule has 2 N–H and O–H groups in total. The highest BCUT2D eigenvalue weighted by atomic mass is 35.5. The van der Waals surface area contributed by atoms with Gasteiger partial charge in [-0.15, -0.1) is 0 Å². The van der Waals surface area contributed by atoms with Gasteiger partial charge in [-0.3, -0.25) is 4.79 Å². The van der Waals surface area contributed by atoms with Crippen molar-refractivity contribution in [1.29, 1.82) is 0 Å². The third-order valence-corrected chi connectivity index (χ3v) is 6.02. The van der Waals surface area contributed by atoms with Gasteiger partial charge < -0.3 is 20.1 Å². The minimum absolute atomic E-state index is 0.00659. The monoisotopic (exact) mass is 454 g/mol. The lowest BCUT2D eigenvalue weighted by atomic mass is 9.86.